The standard InChI is InChI=1S/C13H19BrClN/c1-13(2,3)9-16(4)8-10-5-6-11(14)7-12(10)15/h5-7H,8-9H2,1-4H3. The first-order valence-electron chi connectivity index (χ1n) is 5.40. The fraction of sp³-hybridized carbons (Fsp3) is 0.538. The molecule has 0 fully saturated rings. The molecule has 0 bridgehead atoms. The van der Waals surface area contributed by atoms with Gasteiger partial charge in [0, 0.05) is 22.6 Å². The van der Waals surface area contributed by atoms with Crippen LogP contribution in [0.2, 0.25) is 5.02 Å². The summed E-state index contributed by atoms with van der Waals surface area (Å²) < 4.78 is 1.03. The molecule has 0 unspecified atom stereocenters. The van der Waals surface area contributed by atoms with Crippen molar-refractivity contribution in [3.8, 4) is 0 Å². The van der Waals surface area contributed by atoms with E-state index in [2.05, 4.69) is 54.7 Å². The van der Waals surface area contributed by atoms with Gasteiger partial charge in [-0.1, -0.05) is 54.4 Å². The molecule has 0 saturated heterocycles. The Morgan fingerprint density at radius 3 is 2.44 bits per heavy atom. The molecule has 16 heavy (non-hydrogen) atoms. The highest BCUT2D eigenvalue weighted by molar-refractivity contribution is 9.10. The Labute approximate surface area is 112 Å². The fourth-order valence-electron chi connectivity index (χ4n) is 1.81. The van der Waals surface area contributed by atoms with Gasteiger partial charge in [0.05, 0.1) is 0 Å². The van der Waals surface area contributed by atoms with Gasteiger partial charge in [-0.2, -0.15) is 0 Å². The van der Waals surface area contributed by atoms with Crippen molar-refractivity contribution in [2.24, 2.45) is 5.41 Å². The zero-order valence-electron chi connectivity index (χ0n) is 10.3. The second-order valence-corrected chi connectivity index (χ2v) is 6.79. The van der Waals surface area contributed by atoms with E-state index in [-0.39, 0.29) is 0 Å². The average Bonchev–Trinajstić information content (AvgIpc) is 2.06. The Kier molecular flexibility index (Phi) is 4.84. The largest absolute Gasteiger partial charge is 0.302 e. The van der Waals surface area contributed by atoms with E-state index in [1.54, 1.807) is 0 Å². The van der Waals surface area contributed by atoms with Crippen LogP contribution in [0, 0.1) is 5.41 Å². The zero-order chi connectivity index (χ0) is 12.3. The normalized spacial score (nSPS) is 12.2. The quantitative estimate of drug-likeness (QED) is 0.790. The lowest BCUT2D eigenvalue weighted by Crippen LogP contribution is -2.28. The molecule has 0 atom stereocenters. The minimum atomic E-state index is 0.316. The molecular weight excluding hydrogens is 286 g/mol. The maximum atomic E-state index is 6.19. The number of rotatable bonds is 3. The highest BCUT2D eigenvalue weighted by atomic mass is 79.9. The number of hydrogen-bond donors (Lipinski definition) is 0. The SMILES string of the molecule is CN(Cc1ccc(Br)cc1Cl)CC(C)(C)C. The minimum Gasteiger partial charge on any atom is -0.302 e. The van der Waals surface area contributed by atoms with Crippen LogP contribution < -0.4 is 0 Å². The lowest BCUT2D eigenvalue weighted by atomic mass is 9.96. The van der Waals surface area contributed by atoms with Crippen molar-refractivity contribution in [1.29, 1.82) is 0 Å². The van der Waals surface area contributed by atoms with E-state index in [9.17, 15) is 0 Å². The summed E-state index contributed by atoms with van der Waals surface area (Å²) in [6.45, 7) is 8.68. The Morgan fingerprint density at radius 1 is 1.31 bits per heavy atom. The van der Waals surface area contributed by atoms with Crippen molar-refractivity contribution in [2.45, 2.75) is 27.3 Å². The minimum absolute atomic E-state index is 0.316. The molecule has 0 N–H and O–H groups in total. The van der Waals surface area contributed by atoms with Gasteiger partial charge >= 0.3 is 0 Å². The van der Waals surface area contributed by atoms with E-state index >= 15 is 0 Å². The number of benzene rings is 1. The summed E-state index contributed by atoms with van der Waals surface area (Å²) in [6.07, 6.45) is 0. The second-order valence-electron chi connectivity index (χ2n) is 5.47. The van der Waals surface area contributed by atoms with E-state index < -0.39 is 0 Å². The summed E-state index contributed by atoms with van der Waals surface area (Å²) in [4.78, 5) is 2.30. The summed E-state index contributed by atoms with van der Waals surface area (Å²) >= 11 is 9.60. The van der Waals surface area contributed by atoms with Crippen LogP contribution in [0.5, 0.6) is 0 Å². The molecule has 0 aliphatic rings. The smallest absolute Gasteiger partial charge is 0.0462 e. The molecule has 1 rings (SSSR count). The van der Waals surface area contributed by atoms with Crippen LogP contribution in [0.25, 0.3) is 0 Å². The van der Waals surface area contributed by atoms with Gasteiger partial charge in [-0.3, -0.25) is 0 Å². The Balaban J connectivity index is 2.66. The van der Waals surface area contributed by atoms with Gasteiger partial charge in [-0.15, -0.1) is 0 Å². The highest BCUT2D eigenvalue weighted by Crippen LogP contribution is 2.23. The third-order valence-corrected chi connectivity index (χ3v) is 3.04. The molecule has 0 heterocycles. The van der Waals surface area contributed by atoms with Crippen molar-refractivity contribution in [2.75, 3.05) is 13.6 Å². The van der Waals surface area contributed by atoms with Crippen molar-refractivity contribution < 1.29 is 0 Å². The predicted molar refractivity (Wildman–Crippen MR) is 74.9 cm³/mol. The molecule has 1 aromatic carbocycles. The van der Waals surface area contributed by atoms with Crippen molar-refractivity contribution in [3.63, 3.8) is 0 Å². The highest BCUT2D eigenvalue weighted by Gasteiger charge is 2.14. The molecular formula is C13H19BrClN. The van der Waals surface area contributed by atoms with Crippen LogP contribution in [-0.2, 0) is 6.54 Å². The third kappa shape index (κ3) is 4.86. The topological polar surface area (TPSA) is 3.24 Å². The van der Waals surface area contributed by atoms with Gasteiger partial charge in [0.15, 0.2) is 0 Å². The van der Waals surface area contributed by atoms with Crippen LogP contribution >= 0.6 is 27.5 Å². The zero-order valence-corrected chi connectivity index (χ0v) is 12.7. The predicted octanol–water partition coefficient (Wildman–Crippen LogP) is 4.58. The summed E-state index contributed by atoms with van der Waals surface area (Å²) in [5.41, 5.74) is 1.49. The van der Waals surface area contributed by atoms with Crippen LogP contribution in [0.4, 0.5) is 0 Å². The van der Waals surface area contributed by atoms with E-state index in [4.69, 9.17) is 11.6 Å². The molecule has 1 nitrogen and oxygen atoms in total. The number of hydrogen-bond acceptors (Lipinski definition) is 1. The molecule has 0 radical (unpaired) electrons. The fourth-order valence-corrected chi connectivity index (χ4v) is 2.54. The molecule has 0 amide bonds. The Hall–Kier alpha value is -0.0500. The number of halogens is 2. The third-order valence-electron chi connectivity index (χ3n) is 2.20. The van der Waals surface area contributed by atoms with Gasteiger partial charge in [-0.25, -0.2) is 0 Å². The van der Waals surface area contributed by atoms with Crippen LogP contribution in [0.15, 0.2) is 22.7 Å². The molecule has 1 aromatic rings. The first kappa shape index (κ1) is 14.0. The average molecular weight is 305 g/mol. The van der Waals surface area contributed by atoms with Crippen molar-refractivity contribution in [3.05, 3.63) is 33.3 Å². The molecule has 0 aliphatic heterocycles. The first-order chi connectivity index (χ1) is 7.28. The summed E-state index contributed by atoms with van der Waals surface area (Å²) in [5, 5.41) is 0.829. The van der Waals surface area contributed by atoms with Gasteiger partial charge in [0.25, 0.3) is 0 Å². The van der Waals surface area contributed by atoms with E-state index in [0.717, 1.165) is 22.6 Å². The van der Waals surface area contributed by atoms with Gasteiger partial charge < -0.3 is 4.90 Å². The molecule has 0 spiro atoms. The Bertz CT molecular complexity index is 357. The molecule has 0 aromatic heterocycles. The molecule has 0 aliphatic carbocycles. The summed E-state index contributed by atoms with van der Waals surface area (Å²) in [7, 11) is 2.13. The monoisotopic (exact) mass is 303 g/mol. The van der Waals surface area contributed by atoms with Crippen LogP contribution in [0.3, 0.4) is 0 Å². The maximum absolute atomic E-state index is 6.19. The summed E-state index contributed by atoms with van der Waals surface area (Å²) in [5.74, 6) is 0. The maximum Gasteiger partial charge on any atom is 0.0462 e. The molecule has 3 heteroatoms. The van der Waals surface area contributed by atoms with Gasteiger partial charge in [0.2, 0.25) is 0 Å². The number of nitrogens with zero attached hydrogens (tertiary/aromatic N) is 1. The van der Waals surface area contributed by atoms with Crippen LogP contribution in [0.1, 0.15) is 26.3 Å². The van der Waals surface area contributed by atoms with Gasteiger partial charge in [-0.05, 0) is 30.2 Å². The van der Waals surface area contributed by atoms with E-state index in [0.29, 0.717) is 5.41 Å². The van der Waals surface area contributed by atoms with Crippen molar-refractivity contribution in [1.82, 2.24) is 4.90 Å². The Morgan fingerprint density at radius 2 is 1.94 bits per heavy atom. The van der Waals surface area contributed by atoms with Crippen molar-refractivity contribution >= 4 is 27.5 Å². The lowest BCUT2D eigenvalue weighted by Gasteiger charge is -2.26. The van der Waals surface area contributed by atoms with Crippen LogP contribution in [-0.4, -0.2) is 18.5 Å². The second kappa shape index (κ2) is 5.52. The van der Waals surface area contributed by atoms with E-state index in [1.165, 1.54) is 5.56 Å². The summed E-state index contributed by atoms with van der Waals surface area (Å²) in [6, 6.07) is 6.06. The first-order valence-corrected chi connectivity index (χ1v) is 6.57. The molecule has 0 saturated carbocycles. The lowest BCUT2D eigenvalue weighted by molar-refractivity contribution is 0.221. The van der Waals surface area contributed by atoms with E-state index in [1.807, 2.05) is 12.1 Å². The van der Waals surface area contributed by atoms with Gasteiger partial charge in [0.1, 0.15) is 0 Å². The molecule has 90 valence electrons.